The standard InChI is InChI=1S/C24H23F3N4O5/c1-3-35-19-8-15(11-29-21(19)32)14-4-7-20(28-10-14)31-22(33)30-16-5-6-18(17(9-16)24(25,26)27)36-23(2)12-34-13-23/h4-11H,3,12-13H2,1-2H3,(H,29,32)(H2,28,30,31,33). The molecule has 190 valence electrons. The van der Waals surface area contributed by atoms with E-state index in [9.17, 15) is 22.8 Å². The van der Waals surface area contributed by atoms with E-state index in [1.165, 1.54) is 24.5 Å². The van der Waals surface area contributed by atoms with Crippen LogP contribution >= 0.6 is 0 Å². The van der Waals surface area contributed by atoms with Crippen LogP contribution in [0.4, 0.5) is 29.5 Å². The van der Waals surface area contributed by atoms with Gasteiger partial charge in [-0.05, 0) is 50.2 Å². The first-order valence-electron chi connectivity index (χ1n) is 10.9. The molecule has 0 aliphatic carbocycles. The molecule has 1 aromatic carbocycles. The summed E-state index contributed by atoms with van der Waals surface area (Å²) in [4.78, 5) is 30.9. The quantitative estimate of drug-likeness (QED) is 0.431. The molecule has 1 aliphatic heterocycles. The van der Waals surface area contributed by atoms with Crippen LogP contribution in [0, 0.1) is 0 Å². The smallest absolute Gasteiger partial charge is 0.420 e. The van der Waals surface area contributed by atoms with Crippen molar-refractivity contribution in [1.82, 2.24) is 9.97 Å². The van der Waals surface area contributed by atoms with Crippen molar-refractivity contribution < 1.29 is 32.2 Å². The molecule has 2 aromatic heterocycles. The molecule has 2 amide bonds. The summed E-state index contributed by atoms with van der Waals surface area (Å²) in [5.74, 6) is -0.00720. The lowest BCUT2D eigenvalue weighted by molar-refractivity contribution is -0.160. The zero-order valence-electron chi connectivity index (χ0n) is 19.4. The van der Waals surface area contributed by atoms with E-state index >= 15 is 0 Å². The van der Waals surface area contributed by atoms with Crippen molar-refractivity contribution in [2.75, 3.05) is 30.5 Å². The molecule has 3 heterocycles. The third-order valence-corrected chi connectivity index (χ3v) is 5.22. The highest BCUT2D eigenvalue weighted by molar-refractivity contribution is 5.99. The van der Waals surface area contributed by atoms with Crippen molar-refractivity contribution in [3.8, 4) is 22.6 Å². The lowest BCUT2D eigenvalue weighted by Gasteiger charge is -2.38. The van der Waals surface area contributed by atoms with E-state index in [0.29, 0.717) is 17.7 Å². The predicted octanol–water partition coefficient (Wildman–Crippen LogP) is 4.67. The fourth-order valence-electron chi connectivity index (χ4n) is 3.44. The van der Waals surface area contributed by atoms with Gasteiger partial charge in [0, 0.05) is 29.2 Å². The molecule has 9 nitrogen and oxygen atoms in total. The molecule has 36 heavy (non-hydrogen) atoms. The first-order valence-corrected chi connectivity index (χ1v) is 10.9. The number of alkyl halides is 3. The molecular formula is C24H23F3N4O5. The Hall–Kier alpha value is -4.06. The van der Waals surface area contributed by atoms with E-state index in [1.807, 2.05) is 0 Å². The van der Waals surface area contributed by atoms with E-state index in [1.54, 1.807) is 26.0 Å². The van der Waals surface area contributed by atoms with Crippen LogP contribution in [0.5, 0.6) is 11.5 Å². The Morgan fingerprint density at radius 3 is 2.53 bits per heavy atom. The summed E-state index contributed by atoms with van der Waals surface area (Å²) in [7, 11) is 0. The summed E-state index contributed by atoms with van der Waals surface area (Å²) < 4.78 is 56.6. The van der Waals surface area contributed by atoms with Crippen molar-refractivity contribution in [3.63, 3.8) is 0 Å². The number of halogens is 3. The minimum absolute atomic E-state index is 0.0736. The number of aromatic nitrogens is 2. The number of carbonyl (C=O) groups is 1. The topological polar surface area (TPSA) is 115 Å². The van der Waals surface area contributed by atoms with Crippen LogP contribution in [0.25, 0.3) is 11.1 Å². The number of urea groups is 1. The molecule has 1 saturated heterocycles. The number of hydrogen-bond donors (Lipinski definition) is 3. The Kier molecular flexibility index (Phi) is 6.88. The minimum atomic E-state index is -4.69. The number of ether oxygens (including phenoxy) is 3. The molecule has 0 atom stereocenters. The summed E-state index contributed by atoms with van der Waals surface area (Å²) in [6.07, 6.45) is -1.71. The van der Waals surface area contributed by atoms with Crippen LogP contribution in [0.3, 0.4) is 0 Å². The molecule has 0 radical (unpaired) electrons. The third-order valence-electron chi connectivity index (χ3n) is 5.22. The number of nitrogens with one attached hydrogen (secondary N) is 3. The molecule has 12 heteroatoms. The SMILES string of the molecule is CCOc1cc(-c2ccc(NC(=O)Nc3ccc(OC4(C)COC4)c(C(F)(F)F)c3)nc2)c[nH]c1=O. The van der Waals surface area contributed by atoms with Crippen LogP contribution in [-0.2, 0) is 10.9 Å². The van der Waals surface area contributed by atoms with Crippen molar-refractivity contribution in [2.45, 2.75) is 25.6 Å². The Bertz CT molecular complexity index is 1300. The van der Waals surface area contributed by atoms with Gasteiger partial charge in [-0.25, -0.2) is 9.78 Å². The molecule has 3 N–H and O–H groups in total. The number of H-pyrrole nitrogens is 1. The first-order chi connectivity index (χ1) is 17.1. The Balaban J connectivity index is 1.44. The molecule has 3 aromatic rings. The summed E-state index contributed by atoms with van der Waals surface area (Å²) in [6.45, 7) is 4.12. The van der Waals surface area contributed by atoms with E-state index in [2.05, 4.69) is 20.6 Å². The zero-order valence-corrected chi connectivity index (χ0v) is 19.4. The van der Waals surface area contributed by atoms with Crippen LogP contribution < -0.4 is 25.7 Å². The second-order valence-electron chi connectivity index (χ2n) is 8.28. The second-order valence-corrected chi connectivity index (χ2v) is 8.28. The molecule has 1 aliphatic rings. The van der Waals surface area contributed by atoms with Crippen LogP contribution in [0.1, 0.15) is 19.4 Å². The molecular weight excluding hydrogens is 481 g/mol. The summed E-state index contributed by atoms with van der Waals surface area (Å²) in [6, 6.07) is 7.25. The molecule has 0 saturated carbocycles. The molecule has 1 fully saturated rings. The van der Waals surface area contributed by atoms with E-state index in [0.717, 1.165) is 12.1 Å². The molecule has 4 rings (SSSR count). The van der Waals surface area contributed by atoms with Gasteiger partial charge in [-0.2, -0.15) is 13.2 Å². The van der Waals surface area contributed by atoms with Gasteiger partial charge in [-0.15, -0.1) is 0 Å². The molecule has 0 unspecified atom stereocenters. The van der Waals surface area contributed by atoms with Crippen LogP contribution in [0.15, 0.2) is 53.6 Å². The van der Waals surface area contributed by atoms with Crippen LogP contribution in [-0.4, -0.2) is 41.4 Å². The fourth-order valence-corrected chi connectivity index (χ4v) is 3.44. The lowest BCUT2D eigenvalue weighted by atomic mass is 10.0. The van der Waals surface area contributed by atoms with E-state index in [4.69, 9.17) is 14.2 Å². The Labute approximate surface area is 203 Å². The highest BCUT2D eigenvalue weighted by atomic mass is 19.4. The van der Waals surface area contributed by atoms with Gasteiger partial charge in [0.1, 0.15) is 11.6 Å². The second kappa shape index (κ2) is 9.90. The normalized spacial score (nSPS) is 14.5. The van der Waals surface area contributed by atoms with Crippen molar-refractivity contribution >= 4 is 17.5 Å². The third kappa shape index (κ3) is 5.77. The Morgan fingerprint density at radius 2 is 1.92 bits per heavy atom. The number of amides is 2. The van der Waals surface area contributed by atoms with Gasteiger partial charge in [0.25, 0.3) is 5.56 Å². The lowest BCUT2D eigenvalue weighted by Crippen LogP contribution is -2.51. The largest absolute Gasteiger partial charge is 0.488 e. The summed E-state index contributed by atoms with van der Waals surface area (Å²) in [5.41, 5.74) is -0.981. The number of hydrogen-bond acceptors (Lipinski definition) is 6. The van der Waals surface area contributed by atoms with Crippen LogP contribution in [0.2, 0.25) is 0 Å². The number of nitrogens with zero attached hydrogens (tertiary/aromatic N) is 1. The van der Waals surface area contributed by atoms with Gasteiger partial charge in [0.15, 0.2) is 11.4 Å². The highest BCUT2D eigenvalue weighted by Gasteiger charge is 2.40. The number of anilines is 2. The van der Waals surface area contributed by atoms with Crippen molar-refractivity contribution in [3.05, 3.63) is 64.7 Å². The number of pyridine rings is 2. The summed E-state index contributed by atoms with van der Waals surface area (Å²) in [5, 5.41) is 4.83. The number of carbonyl (C=O) groups excluding carboxylic acids is 1. The predicted molar refractivity (Wildman–Crippen MR) is 125 cm³/mol. The highest BCUT2D eigenvalue weighted by Crippen LogP contribution is 2.40. The maximum Gasteiger partial charge on any atom is 0.420 e. The van der Waals surface area contributed by atoms with Gasteiger partial charge < -0.3 is 24.5 Å². The van der Waals surface area contributed by atoms with Crippen molar-refractivity contribution in [1.29, 1.82) is 0 Å². The first kappa shape index (κ1) is 25.0. The average Bonchev–Trinajstić information content (AvgIpc) is 2.80. The fraction of sp³-hybridized carbons (Fsp3) is 0.292. The maximum absolute atomic E-state index is 13.6. The van der Waals surface area contributed by atoms with Gasteiger partial charge in [-0.1, -0.05) is 0 Å². The number of rotatable bonds is 7. The van der Waals surface area contributed by atoms with Crippen molar-refractivity contribution in [2.24, 2.45) is 0 Å². The minimum Gasteiger partial charge on any atom is -0.488 e. The van der Waals surface area contributed by atoms with Gasteiger partial charge >= 0.3 is 12.2 Å². The summed E-state index contributed by atoms with van der Waals surface area (Å²) >= 11 is 0. The van der Waals surface area contributed by atoms with E-state index in [-0.39, 0.29) is 41.8 Å². The van der Waals surface area contributed by atoms with Gasteiger partial charge in [0.05, 0.1) is 25.4 Å². The zero-order chi connectivity index (χ0) is 25.9. The Morgan fingerprint density at radius 1 is 1.14 bits per heavy atom. The van der Waals surface area contributed by atoms with Gasteiger partial charge in [0.2, 0.25) is 0 Å². The average molecular weight is 504 g/mol. The monoisotopic (exact) mass is 504 g/mol. The van der Waals surface area contributed by atoms with Gasteiger partial charge in [-0.3, -0.25) is 10.1 Å². The molecule has 0 spiro atoms. The van der Waals surface area contributed by atoms with E-state index < -0.39 is 23.4 Å². The number of aromatic amines is 1. The maximum atomic E-state index is 13.6. The number of benzene rings is 1. The molecule has 0 bridgehead atoms.